The standard InChI is InChI=1S/C22H24O4/c1-15(23)26-21-14-19-11-7-17(8-12-19)4-3-16-5-9-18(10-6-16)13-20(21)22(24)25-2/h5-12,20-21H,3-4,13-14H2,1-2H3/t20-,21-/m0/s1. The SMILES string of the molecule is COC(=O)[C@H]1Cc2ccc(cc2)CCc2ccc(cc2)C[C@@H]1OC(C)=O. The van der Waals surface area contributed by atoms with Crippen molar-refractivity contribution in [3.8, 4) is 0 Å². The maximum Gasteiger partial charge on any atom is 0.312 e. The molecule has 4 bridgehead atoms. The molecule has 0 spiro atoms. The number of methoxy groups -OCH3 is 1. The molecule has 0 aromatic heterocycles. The van der Waals surface area contributed by atoms with Gasteiger partial charge in [0.15, 0.2) is 0 Å². The van der Waals surface area contributed by atoms with Gasteiger partial charge in [0.1, 0.15) is 6.10 Å². The van der Waals surface area contributed by atoms with E-state index in [-0.39, 0.29) is 5.97 Å². The average molecular weight is 352 g/mol. The lowest BCUT2D eigenvalue weighted by molar-refractivity contribution is -0.158. The van der Waals surface area contributed by atoms with Crippen molar-refractivity contribution in [1.29, 1.82) is 0 Å². The largest absolute Gasteiger partial charge is 0.469 e. The molecule has 4 aliphatic rings. The lowest BCUT2D eigenvalue weighted by atomic mass is 9.88. The van der Waals surface area contributed by atoms with Crippen molar-refractivity contribution in [3.63, 3.8) is 0 Å². The first-order valence-corrected chi connectivity index (χ1v) is 8.96. The number of ether oxygens (including phenoxy) is 2. The lowest BCUT2D eigenvalue weighted by Gasteiger charge is -2.25. The molecule has 0 aliphatic heterocycles. The summed E-state index contributed by atoms with van der Waals surface area (Å²) in [5.74, 6) is -1.29. The van der Waals surface area contributed by atoms with Crippen LogP contribution in [-0.4, -0.2) is 25.2 Å². The lowest BCUT2D eigenvalue weighted by Crippen LogP contribution is -2.36. The van der Waals surface area contributed by atoms with E-state index < -0.39 is 18.0 Å². The Morgan fingerprint density at radius 3 is 1.73 bits per heavy atom. The Morgan fingerprint density at radius 2 is 1.27 bits per heavy atom. The van der Waals surface area contributed by atoms with Crippen LogP contribution in [0.3, 0.4) is 0 Å². The van der Waals surface area contributed by atoms with Crippen LogP contribution in [0.5, 0.6) is 0 Å². The fraction of sp³-hybridized carbons (Fsp3) is 0.364. The van der Waals surface area contributed by atoms with Crippen LogP contribution in [0, 0.1) is 5.92 Å². The third-order valence-electron chi connectivity index (χ3n) is 4.91. The zero-order chi connectivity index (χ0) is 18.5. The van der Waals surface area contributed by atoms with Crippen molar-refractivity contribution in [1.82, 2.24) is 0 Å². The highest BCUT2D eigenvalue weighted by molar-refractivity contribution is 5.74. The quantitative estimate of drug-likeness (QED) is 0.778. The van der Waals surface area contributed by atoms with Crippen LogP contribution in [-0.2, 0) is 44.7 Å². The fourth-order valence-electron chi connectivity index (χ4n) is 3.46. The van der Waals surface area contributed by atoms with Crippen molar-refractivity contribution in [2.45, 2.75) is 38.7 Å². The van der Waals surface area contributed by atoms with E-state index in [1.165, 1.54) is 25.2 Å². The average Bonchev–Trinajstić information content (AvgIpc) is 2.65. The van der Waals surface area contributed by atoms with Gasteiger partial charge in [-0.25, -0.2) is 0 Å². The Morgan fingerprint density at radius 1 is 0.808 bits per heavy atom. The van der Waals surface area contributed by atoms with Crippen molar-refractivity contribution >= 4 is 11.9 Å². The molecule has 4 aliphatic carbocycles. The summed E-state index contributed by atoms with van der Waals surface area (Å²) in [5, 5.41) is 0. The van der Waals surface area contributed by atoms with Gasteiger partial charge in [0, 0.05) is 13.3 Å². The van der Waals surface area contributed by atoms with Gasteiger partial charge in [-0.1, -0.05) is 48.5 Å². The summed E-state index contributed by atoms with van der Waals surface area (Å²) >= 11 is 0. The van der Waals surface area contributed by atoms with Gasteiger partial charge in [-0.2, -0.15) is 0 Å². The number of rotatable bonds is 2. The molecule has 4 nitrogen and oxygen atoms in total. The van der Waals surface area contributed by atoms with Crippen LogP contribution in [0.4, 0.5) is 0 Å². The Balaban J connectivity index is 2.01. The summed E-state index contributed by atoms with van der Waals surface area (Å²) in [7, 11) is 1.37. The van der Waals surface area contributed by atoms with Crippen LogP contribution >= 0.6 is 0 Å². The monoisotopic (exact) mass is 352 g/mol. The number of carbonyl (C=O) groups is 2. The van der Waals surface area contributed by atoms with Gasteiger partial charge in [-0.3, -0.25) is 9.59 Å². The van der Waals surface area contributed by atoms with E-state index in [2.05, 4.69) is 24.3 Å². The molecular formula is C22H24O4. The Hall–Kier alpha value is -2.62. The van der Waals surface area contributed by atoms with Crippen LogP contribution < -0.4 is 0 Å². The minimum Gasteiger partial charge on any atom is -0.469 e. The van der Waals surface area contributed by atoms with Gasteiger partial charge in [0.2, 0.25) is 0 Å². The molecule has 26 heavy (non-hydrogen) atoms. The van der Waals surface area contributed by atoms with E-state index in [1.807, 2.05) is 24.3 Å². The summed E-state index contributed by atoms with van der Waals surface area (Å²) in [6.07, 6.45) is 2.36. The van der Waals surface area contributed by atoms with E-state index in [0.717, 1.165) is 24.0 Å². The number of hydrogen-bond acceptors (Lipinski definition) is 4. The maximum absolute atomic E-state index is 12.4. The normalized spacial score (nSPS) is 19.6. The molecule has 2 aromatic rings. The molecule has 136 valence electrons. The third kappa shape index (κ3) is 4.51. The molecule has 0 N–H and O–H groups in total. The molecule has 0 amide bonds. The maximum atomic E-state index is 12.4. The van der Waals surface area contributed by atoms with Crippen LogP contribution in [0.1, 0.15) is 29.2 Å². The second-order valence-electron chi connectivity index (χ2n) is 6.82. The molecule has 2 aromatic carbocycles. The molecule has 0 saturated heterocycles. The zero-order valence-electron chi connectivity index (χ0n) is 15.2. The first-order chi connectivity index (χ1) is 12.5. The summed E-state index contributed by atoms with van der Waals surface area (Å²) in [5.41, 5.74) is 4.61. The van der Waals surface area contributed by atoms with Crippen molar-refractivity contribution in [2.75, 3.05) is 7.11 Å². The van der Waals surface area contributed by atoms with Gasteiger partial charge >= 0.3 is 11.9 Å². The number of hydrogen-bond donors (Lipinski definition) is 0. The topological polar surface area (TPSA) is 52.6 Å². The minimum absolute atomic E-state index is 0.357. The van der Waals surface area contributed by atoms with Gasteiger partial charge in [-0.15, -0.1) is 0 Å². The Bertz CT molecular complexity index is 762. The van der Waals surface area contributed by atoms with Crippen LogP contribution in [0.2, 0.25) is 0 Å². The van der Waals surface area contributed by atoms with Gasteiger partial charge in [0.05, 0.1) is 13.0 Å². The fourth-order valence-corrected chi connectivity index (χ4v) is 3.46. The van der Waals surface area contributed by atoms with Gasteiger partial charge < -0.3 is 9.47 Å². The molecule has 2 atom stereocenters. The van der Waals surface area contributed by atoms with Crippen LogP contribution in [0.25, 0.3) is 0 Å². The predicted molar refractivity (Wildman–Crippen MR) is 98.8 cm³/mol. The Kier molecular flexibility index (Phi) is 5.71. The molecular weight excluding hydrogens is 328 g/mol. The van der Waals surface area contributed by atoms with E-state index >= 15 is 0 Å². The minimum atomic E-state index is -0.562. The highest BCUT2D eigenvalue weighted by atomic mass is 16.6. The third-order valence-corrected chi connectivity index (χ3v) is 4.91. The van der Waals surface area contributed by atoms with E-state index in [0.29, 0.717) is 12.8 Å². The second-order valence-corrected chi connectivity index (χ2v) is 6.82. The smallest absolute Gasteiger partial charge is 0.312 e. The molecule has 0 radical (unpaired) electrons. The molecule has 0 saturated carbocycles. The van der Waals surface area contributed by atoms with E-state index in [1.54, 1.807) is 0 Å². The van der Waals surface area contributed by atoms with Crippen LogP contribution in [0.15, 0.2) is 48.5 Å². The summed E-state index contributed by atoms with van der Waals surface area (Å²) < 4.78 is 10.5. The zero-order valence-corrected chi connectivity index (χ0v) is 15.2. The summed E-state index contributed by atoms with van der Waals surface area (Å²) in [6.45, 7) is 1.37. The van der Waals surface area contributed by atoms with Gasteiger partial charge in [-0.05, 0) is 41.5 Å². The van der Waals surface area contributed by atoms with Gasteiger partial charge in [0.25, 0.3) is 0 Å². The van der Waals surface area contributed by atoms with E-state index in [9.17, 15) is 9.59 Å². The first-order valence-electron chi connectivity index (χ1n) is 8.96. The molecule has 0 fully saturated rings. The Labute approximate surface area is 154 Å². The number of aryl methyl sites for hydroxylation is 2. The molecule has 4 heteroatoms. The van der Waals surface area contributed by atoms with Crippen molar-refractivity contribution in [3.05, 3.63) is 70.8 Å². The van der Waals surface area contributed by atoms with Crippen molar-refractivity contribution < 1.29 is 19.1 Å². The van der Waals surface area contributed by atoms with E-state index in [4.69, 9.17) is 9.47 Å². The highest BCUT2D eigenvalue weighted by Crippen LogP contribution is 2.23. The molecule has 6 rings (SSSR count). The summed E-state index contributed by atoms with van der Waals surface area (Å²) in [6, 6.07) is 16.6. The molecule has 0 heterocycles. The second kappa shape index (κ2) is 8.17. The van der Waals surface area contributed by atoms with Crippen molar-refractivity contribution in [2.24, 2.45) is 5.92 Å². The number of carbonyl (C=O) groups excluding carboxylic acids is 2. The number of benzene rings is 2. The molecule has 0 unspecified atom stereocenters. The highest BCUT2D eigenvalue weighted by Gasteiger charge is 2.32. The number of esters is 2. The predicted octanol–water partition coefficient (Wildman–Crippen LogP) is 3.29. The summed E-state index contributed by atoms with van der Waals surface area (Å²) in [4.78, 5) is 24.1. The first kappa shape index (κ1) is 18.2.